The van der Waals surface area contributed by atoms with Crippen molar-refractivity contribution >= 4 is 16.8 Å². The molecule has 1 aliphatic heterocycles. The number of nitrogens with zero attached hydrogens (tertiary/aromatic N) is 3. The molecule has 0 saturated carbocycles. The third-order valence-electron chi connectivity index (χ3n) is 3.80. The van der Waals surface area contributed by atoms with E-state index in [9.17, 15) is 9.59 Å². The zero-order valence-corrected chi connectivity index (χ0v) is 11.5. The van der Waals surface area contributed by atoms with Gasteiger partial charge >= 0.3 is 0 Å². The highest BCUT2D eigenvalue weighted by Crippen LogP contribution is 2.15. The molecule has 104 valence electrons. The van der Waals surface area contributed by atoms with Crippen molar-refractivity contribution in [1.82, 2.24) is 14.5 Å². The number of aromatic nitrogens is 2. The summed E-state index contributed by atoms with van der Waals surface area (Å²) in [7, 11) is 0. The van der Waals surface area contributed by atoms with E-state index >= 15 is 0 Å². The largest absolute Gasteiger partial charge is 0.339 e. The number of rotatable bonds is 2. The highest BCUT2D eigenvalue weighted by Gasteiger charge is 2.20. The van der Waals surface area contributed by atoms with Gasteiger partial charge in [0.1, 0.15) is 0 Å². The summed E-state index contributed by atoms with van der Waals surface area (Å²) < 4.78 is 1.55. The first-order valence-electron chi connectivity index (χ1n) is 6.99. The second-order valence-corrected chi connectivity index (χ2v) is 5.07. The molecule has 0 radical (unpaired) electrons. The number of carbonyl (C=O) groups is 1. The Morgan fingerprint density at radius 3 is 2.75 bits per heavy atom. The Hall–Kier alpha value is -2.17. The Morgan fingerprint density at radius 2 is 2.05 bits per heavy atom. The molecule has 0 aliphatic carbocycles. The number of hydrogen-bond acceptors (Lipinski definition) is 3. The first kappa shape index (κ1) is 12.8. The highest BCUT2D eigenvalue weighted by atomic mass is 16.2. The van der Waals surface area contributed by atoms with Gasteiger partial charge in [-0.15, -0.1) is 0 Å². The highest BCUT2D eigenvalue weighted by molar-refractivity contribution is 5.97. The third-order valence-corrected chi connectivity index (χ3v) is 3.80. The summed E-state index contributed by atoms with van der Waals surface area (Å²) in [4.78, 5) is 30.7. The maximum absolute atomic E-state index is 12.4. The van der Waals surface area contributed by atoms with Gasteiger partial charge in [0.05, 0.1) is 17.2 Å². The fraction of sp³-hybridized carbons (Fsp3) is 0.400. The fourth-order valence-electron chi connectivity index (χ4n) is 2.62. The molecule has 1 aliphatic rings. The summed E-state index contributed by atoms with van der Waals surface area (Å²) in [5.74, 6) is 0.00991. The van der Waals surface area contributed by atoms with Gasteiger partial charge in [-0.25, -0.2) is 4.98 Å². The zero-order valence-electron chi connectivity index (χ0n) is 11.5. The first-order chi connectivity index (χ1) is 9.70. The van der Waals surface area contributed by atoms with Crippen LogP contribution in [0.15, 0.2) is 29.3 Å². The van der Waals surface area contributed by atoms with Crippen LogP contribution in [0, 0.1) is 0 Å². The van der Waals surface area contributed by atoms with Crippen molar-refractivity contribution in [1.29, 1.82) is 0 Å². The van der Waals surface area contributed by atoms with Crippen molar-refractivity contribution < 1.29 is 4.79 Å². The number of carbonyl (C=O) groups excluding carboxylic acids is 1. The van der Waals surface area contributed by atoms with E-state index in [1.54, 1.807) is 29.1 Å². The molecule has 0 N–H and O–H groups in total. The number of hydrogen-bond donors (Lipinski definition) is 0. The minimum absolute atomic E-state index is 0.00991. The summed E-state index contributed by atoms with van der Waals surface area (Å²) in [6.07, 6.45) is 3.67. The van der Waals surface area contributed by atoms with Crippen LogP contribution in [0.5, 0.6) is 0 Å². The van der Waals surface area contributed by atoms with Gasteiger partial charge in [0.25, 0.3) is 11.5 Å². The molecular formula is C15H17N3O2. The Bertz CT molecular complexity index is 715. The van der Waals surface area contributed by atoms with E-state index in [4.69, 9.17) is 0 Å². The molecule has 2 heterocycles. The van der Waals surface area contributed by atoms with Gasteiger partial charge in [0, 0.05) is 25.2 Å². The Morgan fingerprint density at radius 1 is 1.30 bits per heavy atom. The lowest BCUT2D eigenvalue weighted by atomic mass is 10.1. The second kappa shape index (κ2) is 5.07. The lowest BCUT2D eigenvalue weighted by Gasteiger charge is -2.15. The third kappa shape index (κ3) is 2.09. The molecule has 2 aromatic rings. The summed E-state index contributed by atoms with van der Waals surface area (Å²) in [5.41, 5.74) is 1.12. The van der Waals surface area contributed by atoms with Crippen molar-refractivity contribution in [2.45, 2.75) is 26.3 Å². The van der Waals surface area contributed by atoms with Crippen LogP contribution in [-0.2, 0) is 6.54 Å². The van der Waals surface area contributed by atoms with Gasteiger partial charge in [-0.05, 0) is 38.0 Å². The molecule has 0 atom stereocenters. The van der Waals surface area contributed by atoms with Crippen LogP contribution in [-0.4, -0.2) is 33.4 Å². The van der Waals surface area contributed by atoms with Crippen LogP contribution < -0.4 is 5.56 Å². The van der Waals surface area contributed by atoms with Gasteiger partial charge in [-0.1, -0.05) is 0 Å². The molecule has 1 fully saturated rings. The quantitative estimate of drug-likeness (QED) is 0.834. The number of likely N-dealkylation sites (tertiary alicyclic amines) is 1. The number of benzene rings is 1. The number of amides is 1. The van der Waals surface area contributed by atoms with Crippen molar-refractivity contribution in [2.75, 3.05) is 13.1 Å². The molecule has 1 aromatic heterocycles. The van der Waals surface area contributed by atoms with Gasteiger partial charge < -0.3 is 4.90 Å². The lowest BCUT2D eigenvalue weighted by Crippen LogP contribution is -2.28. The monoisotopic (exact) mass is 271 g/mol. The average Bonchev–Trinajstić information content (AvgIpc) is 3.01. The van der Waals surface area contributed by atoms with Crippen LogP contribution in [0.3, 0.4) is 0 Å². The maximum atomic E-state index is 12.4. The van der Waals surface area contributed by atoms with Gasteiger partial charge in [-0.2, -0.15) is 0 Å². The normalized spacial score (nSPS) is 14.9. The predicted molar refractivity (Wildman–Crippen MR) is 76.8 cm³/mol. The van der Waals surface area contributed by atoms with E-state index in [1.165, 1.54) is 0 Å². The Kier molecular flexibility index (Phi) is 3.26. The fourth-order valence-corrected chi connectivity index (χ4v) is 2.62. The standard InChI is InChI=1S/C15H17N3O2/c1-2-17-10-16-13-6-5-11(9-12(13)15(17)20)14(19)18-7-3-4-8-18/h5-6,9-10H,2-4,7-8H2,1H3. The van der Waals surface area contributed by atoms with Crippen LogP contribution in [0.4, 0.5) is 0 Å². The van der Waals surface area contributed by atoms with Crippen LogP contribution >= 0.6 is 0 Å². The molecule has 20 heavy (non-hydrogen) atoms. The topological polar surface area (TPSA) is 55.2 Å². The van der Waals surface area contributed by atoms with Crippen LogP contribution in [0.2, 0.25) is 0 Å². The first-order valence-corrected chi connectivity index (χ1v) is 6.99. The van der Waals surface area contributed by atoms with E-state index in [1.807, 2.05) is 11.8 Å². The lowest BCUT2D eigenvalue weighted by molar-refractivity contribution is 0.0793. The minimum atomic E-state index is -0.0893. The smallest absolute Gasteiger partial charge is 0.261 e. The van der Waals surface area contributed by atoms with E-state index < -0.39 is 0 Å². The van der Waals surface area contributed by atoms with Crippen molar-refractivity contribution in [3.63, 3.8) is 0 Å². The zero-order chi connectivity index (χ0) is 14.1. The van der Waals surface area contributed by atoms with Crippen molar-refractivity contribution in [3.8, 4) is 0 Å². The summed E-state index contributed by atoms with van der Waals surface area (Å²) >= 11 is 0. The van der Waals surface area contributed by atoms with Crippen molar-refractivity contribution in [3.05, 3.63) is 40.4 Å². The molecule has 5 heteroatoms. The number of fused-ring (bicyclic) bond motifs is 1. The molecule has 0 bridgehead atoms. The molecule has 1 amide bonds. The maximum Gasteiger partial charge on any atom is 0.261 e. The average molecular weight is 271 g/mol. The molecule has 0 unspecified atom stereocenters. The van der Waals surface area contributed by atoms with E-state index in [-0.39, 0.29) is 11.5 Å². The van der Waals surface area contributed by atoms with E-state index in [2.05, 4.69) is 4.98 Å². The molecular weight excluding hydrogens is 254 g/mol. The molecule has 5 nitrogen and oxygen atoms in total. The molecule has 0 spiro atoms. The van der Waals surface area contributed by atoms with E-state index in [0.29, 0.717) is 23.0 Å². The second-order valence-electron chi connectivity index (χ2n) is 5.07. The minimum Gasteiger partial charge on any atom is -0.339 e. The molecule has 1 saturated heterocycles. The molecule has 1 aromatic carbocycles. The van der Waals surface area contributed by atoms with E-state index in [0.717, 1.165) is 25.9 Å². The van der Waals surface area contributed by atoms with Crippen molar-refractivity contribution in [2.24, 2.45) is 0 Å². The van der Waals surface area contributed by atoms with Crippen LogP contribution in [0.1, 0.15) is 30.1 Å². The Labute approximate surface area is 116 Å². The molecule has 3 rings (SSSR count). The summed E-state index contributed by atoms with van der Waals surface area (Å²) in [6, 6.07) is 5.18. The SMILES string of the molecule is CCn1cnc2ccc(C(=O)N3CCCC3)cc2c1=O. The van der Waals surface area contributed by atoms with Crippen LogP contribution in [0.25, 0.3) is 10.9 Å². The predicted octanol–water partition coefficient (Wildman–Crippen LogP) is 1.65. The van der Waals surface area contributed by atoms with Gasteiger partial charge in [-0.3, -0.25) is 14.2 Å². The van der Waals surface area contributed by atoms with Gasteiger partial charge in [0.15, 0.2) is 0 Å². The van der Waals surface area contributed by atoms with Gasteiger partial charge in [0.2, 0.25) is 0 Å². The summed E-state index contributed by atoms with van der Waals surface area (Å²) in [6.45, 7) is 4.09. The Balaban J connectivity index is 2.07. The number of aryl methyl sites for hydroxylation is 1. The summed E-state index contributed by atoms with van der Waals surface area (Å²) in [5, 5.41) is 0.513.